The zero-order valence-corrected chi connectivity index (χ0v) is 8.13. The summed E-state index contributed by atoms with van der Waals surface area (Å²) in [6.07, 6.45) is -0.160. The van der Waals surface area contributed by atoms with Crippen LogP contribution in [0.5, 0.6) is 0 Å². The molecule has 0 unspecified atom stereocenters. The molecule has 5 heteroatoms. The highest BCUT2D eigenvalue weighted by molar-refractivity contribution is 7.20. The van der Waals surface area contributed by atoms with Crippen LogP contribution < -0.4 is 0 Å². The quantitative estimate of drug-likeness (QED) is 0.718. The number of ketones is 1. The number of carbonyl (C=O) groups excluding carboxylic acids is 1. The lowest BCUT2D eigenvalue weighted by molar-refractivity contribution is 0.0998. The van der Waals surface area contributed by atoms with Gasteiger partial charge >= 0.3 is 0 Å². The fraction of sp³-hybridized carbons (Fsp3) is 0.143. The summed E-state index contributed by atoms with van der Waals surface area (Å²) in [4.78, 5) is 11.1. The van der Waals surface area contributed by atoms with Gasteiger partial charge in [0, 0.05) is 5.56 Å². The molecule has 0 N–H and O–H groups in total. The van der Waals surface area contributed by atoms with E-state index in [-0.39, 0.29) is 12.2 Å². The van der Waals surface area contributed by atoms with Crippen molar-refractivity contribution >= 4 is 40.3 Å². The van der Waals surface area contributed by atoms with Gasteiger partial charge in [-0.05, 0) is 6.07 Å². The molecule has 0 saturated carbocycles. The third kappa shape index (κ3) is 1.98. The number of hydrogen-bond donors (Lipinski definition) is 0. The van der Waals surface area contributed by atoms with Gasteiger partial charge in [-0.3, -0.25) is 4.79 Å². The molecule has 62 valence electrons. The highest BCUT2D eigenvalue weighted by Gasteiger charge is 2.13. The van der Waals surface area contributed by atoms with E-state index in [4.69, 9.17) is 28.5 Å². The predicted molar refractivity (Wildman–Crippen MR) is 48.9 cm³/mol. The Labute approximate surface area is 83.3 Å². The zero-order valence-electron chi connectivity index (χ0n) is 5.80. The van der Waals surface area contributed by atoms with Crippen LogP contribution in [0.3, 0.4) is 0 Å². The summed E-state index contributed by atoms with van der Waals surface area (Å²) in [5, 5.41) is 8.25. The van der Waals surface area contributed by atoms with E-state index in [2.05, 4.69) is 0 Å². The van der Waals surface area contributed by atoms with Crippen LogP contribution in [0.4, 0.5) is 0 Å². The van der Waals surface area contributed by atoms with Crippen molar-refractivity contribution in [2.24, 2.45) is 0 Å². The molecule has 0 atom stereocenters. The Hall–Kier alpha value is -0.560. The molecule has 0 bridgehead atoms. The first kappa shape index (κ1) is 9.53. The fourth-order valence-electron chi connectivity index (χ4n) is 0.697. The molecule has 12 heavy (non-hydrogen) atoms. The van der Waals surface area contributed by atoms with E-state index in [0.717, 1.165) is 11.3 Å². The molecule has 0 amide bonds. The first-order valence-electron chi connectivity index (χ1n) is 3.00. The minimum Gasteiger partial charge on any atom is -0.293 e. The van der Waals surface area contributed by atoms with Gasteiger partial charge in [0.05, 0.1) is 16.8 Å². The maximum atomic E-state index is 11.1. The second kappa shape index (κ2) is 3.90. The molecule has 1 rings (SSSR count). The maximum absolute atomic E-state index is 11.1. The average Bonchev–Trinajstić information content (AvgIpc) is 2.30. The summed E-state index contributed by atoms with van der Waals surface area (Å²) >= 11 is 12.4. The summed E-state index contributed by atoms with van der Waals surface area (Å²) < 4.78 is 0.807. The van der Waals surface area contributed by atoms with Gasteiger partial charge in [0.15, 0.2) is 5.78 Å². The van der Waals surface area contributed by atoms with Crippen LogP contribution in [0, 0.1) is 11.3 Å². The topological polar surface area (TPSA) is 40.9 Å². The Morgan fingerprint density at radius 2 is 2.33 bits per heavy atom. The standard InChI is InChI=1S/C7H3Cl2NOS/c8-6-3-4(7(9)12-6)5(11)1-2-10/h3H,1H2. The lowest BCUT2D eigenvalue weighted by Gasteiger charge is -1.89. The Bertz CT molecular complexity index is 353. The van der Waals surface area contributed by atoms with Gasteiger partial charge in [-0.15, -0.1) is 11.3 Å². The smallest absolute Gasteiger partial charge is 0.179 e. The number of Topliss-reactive ketones (excluding diaryl/α,β-unsaturated/α-hetero) is 1. The second-order valence-corrected chi connectivity index (χ2v) is 4.28. The van der Waals surface area contributed by atoms with Crippen molar-refractivity contribution in [1.29, 1.82) is 5.26 Å². The Kier molecular flexibility index (Phi) is 3.10. The number of nitrogens with zero attached hydrogens (tertiary/aromatic N) is 1. The molecular weight excluding hydrogens is 217 g/mol. The van der Waals surface area contributed by atoms with Crippen molar-refractivity contribution in [2.45, 2.75) is 6.42 Å². The van der Waals surface area contributed by atoms with E-state index in [1.807, 2.05) is 0 Å². The molecule has 2 nitrogen and oxygen atoms in total. The maximum Gasteiger partial charge on any atom is 0.179 e. The lowest BCUT2D eigenvalue weighted by atomic mass is 10.2. The second-order valence-electron chi connectivity index (χ2n) is 2.00. The molecule has 0 spiro atoms. The van der Waals surface area contributed by atoms with Crippen molar-refractivity contribution in [3.8, 4) is 6.07 Å². The van der Waals surface area contributed by atoms with Crippen molar-refractivity contribution in [3.63, 3.8) is 0 Å². The van der Waals surface area contributed by atoms with Crippen LogP contribution in [0.15, 0.2) is 6.07 Å². The van der Waals surface area contributed by atoms with Crippen LogP contribution in [0.25, 0.3) is 0 Å². The Balaban J connectivity index is 2.96. The third-order valence-corrected chi connectivity index (χ3v) is 2.68. The van der Waals surface area contributed by atoms with E-state index in [0.29, 0.717) is 14.2 Å². The van der Waals surface area contributed by atoms with Crippen LogP contribution in [-0.2, 0) is 0 Å². The molecule has 1 aromatic rings. The van der Waals surface area contributed by atoms with Crippen molar-refractivity contribution in [3.05, 3.63) is 20.3 Å². The largest absolute Gasteiger partial charge is 0.293 e. The summed E-state index contributed by atoms with van der Waals surface area (Å²) in [5.74, 6) is -0.286. The number of nitriles is 1. The first-order chi connectivity index (χ1) is 5.65. The monoisotopic (exact) mass is 219 g/mol. The molecule has 0 aromatic carbocycles. The van der Waals surface area contributed by atoms with E-state index >= 15 is 0 Å². The fourth-order valence-corrected chi connectivity index (χ4v) is 2.20. The van der Waals surface area contributed by atoms with Crippen molar-refractivity contribution < 1.29 is 4.79 Å². The molecule has 0 aliphatic carbocycles. The molecule has 1 heterocycles. The SMILES string of the molecule is N#CCC(=O)c1cc(Cl)sc1Cl. The first-order valence-corrected chi connectivity index (χ1v) is 4.57. The van der Waals surface area contributed by atoms with Gasteiger partial charge in [0.1, 0.15) is 4.34 Å². The molecule has 0 aliphatic heterocycles. The zero-order chi connectivity index (χ0) is 9.14. The molecule has 0 fully saturated rings. The van der Waals surface area contributed by atoms with E-state index < -0.39 is 0 Å². The Morgan fingerprint density at radius 1 is 1.67 bits per heavy atom. The number of thiophene rings is 1. The lowest BCUT2D eigenvalue weighted by Crippen LogP contribution is -1.94. The van der Waals surface area contributed by atoms with Crippen molar-refractivity contribution in [2.75, 3.05) is 0 Å². The van der Waals surface area contributed by atoms with Crippen LogP contribution in [0.1, 0.15) is 16.8 Å². The average molecular weight is 220 g/mol. The van der Waals surface area contributed by atoms with Crippen molar-refractivity contribution in [1.82, 2.24) is 0 Å². The van der Waals surface area contributed by atoms with E-state index in [1.165, 1.54) is 6.07 Å². The van der Waals surface area contributed by atoms with Gasteiger partial charge < -0.3 is 0 Å². The van der Waals surface area contributed by atoms with Gasteiger partial charge in [-0.25, -0.2) is 0 Å². The highest BCUT2D eigenvalue weighted by atomic mass is 35.5. The Morgan fingerprint density at radius 3 is 2.75 bits per heavy atom. The molecule has 0 aliphatic rings. The van der Waals surface area contributed by atoms with Crippen LogP contribution >= 0.6 is 34.5 Å². The van der Waals surface area contributed by atoms with E-state index in [1.54, 1.807) is 6.07 Å². The summed E-state index contributed by atoms with van der Waals surface area (Å²) in [7, 11) is 0. The van der Waals surface area contributed by atoms with Gasteiger partial charge in [-0.1, -0.05) is 23.2 Å². The number of carbonyl (C=O) groups is 1. The summed E-state index contributed by atoms with van der Waals surface area (Å²) in [5.41, 5.74) is 0.341. The predicted octanol–water partition coefficient (Wildman–Crippen LogP) is 3.15. The van der Waals surface area contributed by atoms with Gasteiger partial charge in [0.2, 0.25) is 0 Å². The molecule has 0 radical (unpaired) electrons. The van der Waals surface area contributed by atoms with Gasteiger partial charge in [-0.2, -0.15) is 5.26 Å². The number of hydrogen-bond acceptors (Lipinski definition) is 3. The van der Waals surface area contributed by atoms with E-state index in [9.17, 15) is 4.79 Å². The number of halogens is 2. The molecule has 0 saturated heterocycles. The minimum atomic E-state index is -0.286. The molecule has 1 aromatic heterocycles. The third-order valence-electron chi connectivity index (χ3n) is 1.20. The normalized spacial score (nSPS) is 9.42. The highest BCUT2D eigenvalue weighted by Crippen LogP contribution is 2.31. The molecular formula is C7H3Cl2NOS. The summed E-state index contributed by atoms with van der Waals surface area (Å²) in [6, 6.07) is 3.24. The van der Waals surface area contributed by atoms with Crippen LogP contribution in [0.2, 0.25) is 8.67 Å². The number of rotatable bonds is 2. The minimum absolute atomic E-state index is 0.160. The van der Waals surface area contributed by atoms with Gasteiger partial charge in [0.25, 0.3) is 0 Å². The van der Waals surface area contributed by atoms with Crippen LogP contribution in [-0.4, -0.2) is 5.78 Å². The summed E-state index contributed by atoms with van der Waals surface area (Å²) in [6.45, 7) is 0.